The molecule has 1 aromatic heterocycles. The number of aromatic carboxylic acids is 1. The van der Waals surface area contributed by atoms with Crippen LogP contribution in [-0.2, 0) is 6.42 Å². The Hall–Kier alpha value is -2.14. The molecule has 0 aliphatic heterocycles. The SMILES string of the molecule is CCCCCCCCc1ccc(OCC(=O)c2cc(C(=O)O)cs2)cc1. The number of thiophene rings is 1. The molecule has 1 N–H and O–H groups in total. The molecule has 26 heavy (non-hydrogen) atoms. The van der Waals surface area contributed by atoms with Gasteiger partial charge in [0.25, 0.3) is 0 Å². The number of hydrogen-bond donors (Lipinski definition) is 1. The van der Waals surface area contributed by atoms with Gasteiger partial charge in [0.15, 0.2) is 6.61 Å². The molecule has 0 radical (unpaired) electrons. The number of ketones is 1. The standard InChI is InChI=1S/C21H26O4S/c1-2-3-4-5-6-7-8-16-9-11-18(12-10-16)25-14-19(22)20-13-17(15-26-20)21(23)24/h9-13,15H,2-8,14H2,1H3,(H,23,24). The average molecular weight is 375 g/mol. The molecule has 0 saturated heterocycles. The number of hydrogen-bond acceptors (Lipinski definition) is 4. The van der Waals surface area contributed by atoms with Crippen LogP contribution < -0.4 is 4.74 Å². The Morgan fingerprint density at radius 3 is 2.38 bits per heavy atom. The molecule has 140 valence electrons. The lowest BCUT2D eigenvalue weighted by atomic mass is 10.0. The van der Waals surface area contributed by atoms with Crippen LogP contribution in [0.4, 0.5) is 0 Å². The molecule has 1 aromatic carbocycles. The molecule has 2 aromatic rings. The summed E-state index contributed by atoms with van der Waals surface area (Å²) in [6, 6.07) is 9.24. The van der Waals surface area contributed by atoms with Gasteiger partial charge in [-0.15, -0.1) is 11.3 Å². The largest absolute Gasteiger partial charge is 0.485 e. The molecule has 5 heteroatoms. The molecule has 0 atom stereocenters. The zero-order valence-electron chi connectivity index (χ0n) is 15.2. The smallest absolute Gasteiger partial charge is 0.336 e. The van der Waals surface area contributed by atoms with E-state index in [4.69, 9.17) is 9.84 Å². The predicted octanol–water partition coefficient (Wildman–Crippen LogP) is 5.61. The molecule has 1 heterocycles. The van der Waals surface area contributed by atoms with Gasteiger partial charge in [-0.05, 0) is 36.6 Å². The minimum Gasteiger partial charge on any atom is -0.485 e. The molecular weight excluding hydrogens is 348 g/mol. The summed E-state index contributed by atoms with van der Waals surface area (Å²) in [5.41, 5.74) is 1.42. The topological polar surface area (TPSA) is 63.6 Å². The predicted molar refractivity (Wildman–Crippen MR) is 105 cm³/mol. The molecule has 0 saturated carbocycles. The van der Waals surface area contributed by atoms with E-state index in [0.29, 0.717) is 10.6 Å². The Balaban J connectivity index is 1.72. The van der Waals surface area contributed by atoms with Crippen molar-refractivity contribution in [1.82, 2.24) is 0 Å². The van der Waals surface area contributed by atoms with Gasteiger partial charge in [-0.25, -0.2) is 4.79 Å². The first-order valence-corrected chi connectivity index (χ1v) is 10.0. The van der Waals surface area contributed by atoms with Gasteiger partial charge in [-0.1, -0.05) is 51.2 Å². The summed E-state index contributed by atoms with van der Waals surface area (Å²) in [5, 5.41) is 10.4. The van der Waals surface area contributed by atoms with Gasteiger partial charge in [0.2, 0.25) is 5.78 Å². The van der Waals surface area contributed by atoms with Crippen molar-refractivity contribution in [1.29, 1.82) is 0 Å². The second kappa shape index (κ2) is 10.8. The van der Waals surface area contributed by atoms with Crippen LogP contribution in [0.3, 0.4) is 0 Å². The number of unbranched alkanes of at least 4 members (excludes halogenated alkanes) is 5. The molecule has 0 unspecified atom stereocenters. The van der Waals surface area contributed by atoms with Gasteiger partial charge in [0.1, 0.15) is 5.75 Å². The normalized spacial score (nSPS) is 10.7. The van der Waals surface area contributed by atoms with Crippen LogP contribution in [0.5, 0.6) is 5.75 Å². The van der Waals surface area contributed by atoms with E-state index in [2.05, 4.69) is 6.92 Å². The van der Waals surface area contributed by atoms with E-state index in [-0.39, 0.29) is 18.0 Å². The molecule has 0 spiro atoms. The Morgan fingerprint density at radius 2 is 1.73 bits per heavy atom. The molecular formula is C21H26O4S. The van der Waals surface area contributed by atoms with E-state index in [1.54, 1.807) is 0 Å². The van der Waals surface area contributed by atoms with Gasteiger partial charge >= 0.3 is 5.97 Å². The Bertz CT molecular complexity index is 703. The summed E-state index contributed by atoms with van der Waals surface area (Å²) in [7, 11) is 0. The number of rotatable bonds is 12. The quantitative estimate of drug-likeness (QED) is 0.387. The van der Waals surface area contributed by atoms with E-state index in [1.807, 2.05) is 24.3 Å². The Kier molecular flexibility index (Phi) is 8.35. The molecule has 4 nitrogen and oxygen atoms in total. The third-order valence-electron chi connectivity index (χ3n) is 4.23. The van der Waals surface area contributed by atoms with E-state index in [0.717, 1.165) is 17.8 Å². The van der Waals surface area contributed by atoms with Crippen molar-refractivity contribution in [2.75, 3.05) is 6.61 Å². The maximum absolute atomic E-state index is 12.1. The summed E-state index contributed by atoms with van der Waals surface area (Å²) >= 11 is 1.13. The molecule has 0 amide bonds. The lowest BCUT2D eigenvalue weighted by Gasteiger charge is -2.06. The first-order valence-electron chi connectivity index (χ1n) is 9.17. The number of carbonyl (C=O) groups is 2. The summed E-state index contributed by atoms with van der Waals surface area (Å²) in [6.45, 7) is 2.14. The van der Waals surface area contributed by atoms with Crippen molar-refractivity contribution < 1.29 is 19.4 Å². The maximum atomic E-state index is 12.1. The third kappa shape index (κ3) is 6.64. The highest BCUT2D eigenvalue weighted by atomic mass is 32.1. The zero-order valence-corrected chi connectivity index (χ0v) is 16.0. The first kappa shape index (κ1) is 20.2. The number of carbonyl (C=O) groups excluding carboxylic acids is 1. The zero-order chi connectivity index (χ0) is 18.8. The number of Topliss-reactive ketones (excluding diaryl/α,β-unsaturated/α-hetero) is 1. The van der Waals surface area contributed by atoms with Gasteiger partial charge < -0.3 is 9.84 Å². The van der Waals surface area contributed by atoms with Crippen molar-refractivity contribution in [3.63, 3.8) is 0 Å². The van der Waals surface area contributed by atoms with Gasteiger partial charge in [-0.3, -0.25) is 4.79 Å². The summed E-state index contributed by atoms with van der Waals surface area (Å²) in [5.74, 6) is -0.583. The molecule has 0 bridgehead atoms. The van der Waals surface area contributed by atoms with Crippen LogP contribution in [0.25, 0.3) is 0 Å². The summed E-state index contributed by atoms with van der Waals surface area (Å²) < 4.78 is 5.53. The van der Waals surface area contributed by atoms with Crippen molar-refractivity contribution in [3.8, 4) is 5.75 Å². The lowest BCUT2D eigenvalue weighted by Crippen LogP contribution is -2.10. The van der Waals surface area contributed by atoms with E-state index in [1.165, 1.54) is 55.5 Å². The molecule has 2 rings (SSSR count). The highest BCUT2D eigenvalue weighted by molar-refractivity contribution is 7.12. The highest BCUT2D eigenvalue weighted by Crippen LogP contribution is 2.18. The minimum absolute atomic E-state index is 0.0870. The monoisotopic (exact) mass is 374 g/mol. The van der Waals surface area contributed by atoms with E-state index < -0.39 is 5.97 Å². The van der Waals surface area contributed by atoms with Crippen LogP contribution >= 0.6 is 11.3 Å². The molecule has 0 fully saturated rings. The van der Waals surface area contributed by atoms with E-state index in [9.17, 15) is 9.59 Å². The number of benzene rings is 1. The minimum atomic E-state index is -1.03. The number of aryl methyl sites for hydroxylation is 1. The second-order valence-electron chi connectivity index (χ2n) is 6.38. The molecule has 0 aliphatic carbocycles. The average Bonchev–Trinajstić information content (AvgIpc) is 3.14. The van der Waals surface area contributed by atoms with Crippen LogP contribution in [0.1, 0.15) is 71.0 Å². The Morgan fingerprint density at radius 1 is 1.04 bits per heavy atom. The van der Waals surface area contributed by atoms with Crippen molar-refractivity contribution in [2.45, 2.75) is 51.9 Å². The van der Waals surface area contributed by atoms with Crippen LogP contribution in [-0.4, -0.2) is 23.5 Å². The van der Waals surface area contributed by atoms with Crippen LogP contribution in [0.15, 0.2) is 35.7 Å². The summed E-state index contributed by atoms with van der Waals surface area (Å²) in [4.78, 5) is 23.3. The van der Waals surface area contributed by atoms with Crippen LogP contribution in [0, 0.1) is 0 Å². The Labute approximate surface area is 158 Å². The van der Waals surface area contributed by atoms with Gasteiger partial charge in [0, 0.05) is 5.38 Å². The highest BCUT2D eigenvalue weighted by Gasteiger charge is 2.13. The summed E-state index contributed by atoms with van der Waals surface area (Å²) in [6.07, 6.45) is 8.78. The molecule has 0 aliphatic rings. The number of carboxylic acid groups (broad SMARTS) is 1. The van der Waals surface area contributed by atoms with E-state index >= 15 is 0 Å². The second-order valence-corrected chi connectivity index (χ2v) is 7.29. The third-order valence-corrected chi connectivity index (χ3v) is 5.20. The van der Waals surface area contributed by atoms with Crippen molar-refractivity contribution in [2.24, 2.45) is 0 Å². The van der Waals surface area contributed by atoms with Crippen LogP contribution in [0.2, 0.25) is 0 Å². The fourth-order valence-electron chi connectivity index (χ4n) is 2.68. The maximum Gasteiger partial charge on any atom is 0.336 e. The number of carboxylic acids is 1. The van der Waals surface area contributed by atoms with Gasteiger partial charge in [0.05, 0.1) is 10.4 Å². The fraction of sp³-hybridized carbons (Fsp3) is 0.429. The van der Waals surface area contributed by atoms with Gasteiger partial charge in [-0.2, -0.15) is 0 Å². The first-order chi connectivity index (χ1) is 12.6. The number of ether oxygens (including phenoxy) is 1. The van der Waals surface area contributed by atoms with Crippen molar-refractivity contribution in [3.05, 3.63) is 51.7 Å². The fourth-order valence-corrected chi connectivity index (χ4v) is 3.48. The lowest BCUT2D eigenvalue weighted by molar-refractivity contribution is 0.0697. The van der Waals surface area contributed by atoms with Crippen molar-refractivity contribution >= 4 is 23.1 Å².